The fourth-order valence-electron chi connectivity index (χ4n) is 2.74. The van der Waals surface area contributed by atoms with E-state index in [1.165, 1.54) is 12.1 Å². The fourth-order valence-corrected chi connectivity index (χ4v) is 2.74. The van der Waals surface area contributed by atoms with Gasteiger partial charge in [-0.1, -0.05) is 6.07 Å². The van der Waals surface area contributed by atoms with Gasteiger partial charge in [-0.15, -0.1) is 0 Å². The fraction of sp³-hybridized carbons (Fsp3) is 0.583. The first kappa shape index (κ1) is 14.2. The summed E-state index contributed by atoms with van der Waals surface area (Å²) in [6, 6.07) is 5.64. The smallest absolute Gasteiger partial charge is 0.261 e. The number of hydrogen-bond donors (Lipinski definition) is 2. The van der Waals surface area contributed by atoms with Gasteiger partial charge in [0, 0.05) is 30.8 Å². The summed E-state index contributed by atoms with van der Waals surface area (Å²) in [6.45, 7) is 3.00. The van der Waals surface area contributed by atoms with Crippen LogP contribution in [0.25, 0.3) is 0 Å². The molecular formula is C12H18N2O4S. The number of pyridine rings is 1. The minimum Gasteiger partial charge on any atom is -0.316 e. The maximum Gasteiger partial charge on any atom is 0.261 e. The zero-order valence-corrected chi connectivity index (χ0v) is 11.6. The van der Waals surface area contributed by atoms with Crippen molar-refractivity contribution >= 4 is 10.1 Å². The molecule has 1 fully saturated rings. The van der Waals surface area contributed by atoms with E-state index in [1.807, 2.05) is 10.6 Å². The maximum atomic E-state index is 11.6. The van der Waals surface area contributed by atoms with Crippen molar-refractivity contribution in [2.45, 2.75) is 18.9 Å². The van der Waals surface area contributed by atoms with Gasteiger partial charge >= 0.3 is 0 Å². The van der Waals surface area contributed by atoms with E-state index in [0.29, 0.717) is 18.1 Å². The van der Waals surface area contributed by atoms with Gasteiger partial charge in [0.2, 0.25) is 0 Å². The van der Waals surface area contributed by atoms with Gasteiger partial charge in [0.1, 0.15) is 0 Å². The summed E-state index contributed by atoms with van der Waals surface area (Å²) >= 11 is 0. The Balaban J connectivity index is 0.000000232. The molecule has 3 rings (SSSR count). The van der Waals surface area contributed by atoms with E-state index in [2.05, 4.69) is 11.4 Å². The number of hydrogen-bond acceptors (Lipinski definition) is 4. The highest BCUT2D eigenvalue weighted by Crippen LogP contribution is 2.31. The second-order valence-corrected chi connectivity index (χ2v) is 6.56. The minimum atomic E-state index is -3.67. The van der Waals surface area contributed by atoms with Crippen molar-refractivity contribution < 1.29 is 13.0 Å². The van der Waals surface area contributed by atoms with Crippen LogP contribution in [-0.2, 0) is 16.7 Å². The summed E-state index contributed by atoms with van der Waals surface area (Å²) in [5.74, 6) is 1.21. The molecular weight excluding hydrogens is 268 g/mol. The van der Waals surface area contributed by atoms with Crippen LogP contribution in [0.3, 0.4) is 0 Å². The van der Waals surface area contributed by atoms with E-state index in [0.717, 1.165) is 19.6 Å². The third-order valence-corrected chi connectivity index (χ3v) is 3.38. The summed E-state index contributed by atoms with van der Waals surface area (Å²) in [4.78, 5) is 11.6. The number of rotatable bonds is 0. The molecule has 0 radical (unpaired) electrons. The molecule has 2 aliphatic rings. The lowest BCUT2D eigenvalue weighted by Crippen LogP contribution is -2.44. The Bertz CT molecular complexity index is 600. The van der Waals surface area contributed by atoms with E-state index >= 15 is 0 Å². The monoisotopic (exact) mass is 286 g/mol. The highest BCUT2D eigenvalue weighted by Gasteiger charge is 2.30. The van der Waals surface area contributed by atoms with E-state index in [9.17, 15) is 13.2 Å². The lowest BCUT2D eigenvalue weighted by molar-refractivity contribution is 0.257. The second-order valence-electron chi connectivity index (χ2n) is 5.09. The largest absolute Gasteiger partial charge is 0.316 e. The average molecular weight is 286 g/mol. The lowest BCUT2D eigenvalue weighted by Gasteiger charge is -2.37. The standard InChI is InChI=1S/C11H14N2O.CH4O3S/c14-11-3-1-2-10-9-4-8(5-12-6-9)7-13(10)11;1-5(2,3)4/h1-3,8-9,12H,4-7H2;1H3,(H,2,3,4)/t8-,9+;/m0./s1. The van der Waals surface area contributed by atoms with Gasteiger partial charge in [-0.3, -0.25) is 9.35 Å². The molecule has 1 aromatic rings. The van der Waals surface area contributed by atoms with Crippen LogP contribution in [0.15, 0.2) is 23.0 Å². The molecule has 0 aromatic carbocycles. The SMILES string of the molecule is CS(=O)(=O)O.O=c1cccc2n1C[C@@H]1CNC[C@H]2C1. The van der Waals surface area contributed by atoms with E-state index < -0.39 is 10.1 Å². The van der Waals surface area contributed by atoms with Gasteiger partial charge in [0.25, 0.3) is 15.7 Å². The van der Waals surface area contributed by atoms with E-state index in [-0.39, 0.29) is 5.56 Å². The van der Waals surface area contributed by atoms with Crippen LogP contribution in [0.2, 0.25) is 0 Å². The van der Waals surface area contributed by atoms with Gasteiger partial charge in [-0.25, -0.2) is 0 Å². The van der Waals surface area contributed by atoms with Crippen molar-refractivity contribution in [3.05, 3.63) is 34.2 Å². The first-order chi connectivity index (χ1) is 8.84. The normalized spacial score (nSPS) is 24.9. The van der Waals surface area contributed by atoms with Crippen LogP contribution in [0.1, 0.15) is 18.0 Å². The number of piperidine rings is 1. The Hall–Kier alpha value is -1.18. The topological polar surface area (TPSA) is 88.4 Å². The molecule has 2 aliphatic heterocycles. The van der Waals surface area contributed by atoms with Crippen LogP contribution < -0.4 is 10.9 Å². The number of nitrogens with one attached hydrogen (secondary N) is 1. The molecule has 6 nitrogen and oxygen atoms in total. The maximum absolute atomic E-state index is 11.6. The Kier molecular flexibility index (Phi) is 4.07. The van der Waals surface area contributed by atoms with Gasteiger partial charge in [0.15, 0.2) is 0 Å². The molecule has 2 atom stereocenters. The summed E-state index contributed by atoms with van der Waals surface area (Å²) < 4.78 is 27.8. The van der Waals surface area contributed by atoms with Crippen molar-refractivity contribution in [1.82, 2.24) is 9.88 Å². The molecule has 19 heavy (non-hydrogen) atoms. The molecule has 106 valence electrons. The first-order valence-electron chi connectivity index (χ1n) is 6.17. The van der Waals surface area contributed by atoms with Gasteiger partial charge < -0.3 is 9.88 Å². The molecule has 0 aliphatic carbocycles. The molecule has 1 saturated heterocycles. The second kappa shape index (κ2) is 5.44. The van der Waals surface area contributed by atoms with Crippen LogP contribution in [0.5, 0.6) is 0 Å². The van der Waals surface area contributed by atoms with Crippen molar-refractivity contribution in [1.29, 1.82) is 0 Å². The molecule has 2 N–H and O–H groups in total. The Morgan fingerprint density at radius 3 is 2.74 bits per heavy atom. The van der Waals surface area contributed by atoms with Gasteiger partial charge in [-0.2, -0.15) is 8.42 Å². The third kappa shape index (κ3) is 3.89. The van der Waals surface area contributed by atoms with E-state index in [4.69, 9.17) is 4.55 Å². The van der Waals surface area contributed by atoms with Crippen molar-refractivity contribution in [3.8, 4) is 0 Å². The zero-order chi connectivity index (χ0) is 14.0. The molecule has 1 aromatic heterocycles. The van der Waals surface area contributed by atoms with Crippen molar-refractivity contribution in [2.75, 3.05) is 19.3 Å². The predicted octanol–water partition coefficient (Wildman–Crippen LogP) is 0.0590. The average Bonchev–Trinajstić information content (AvgIpc) is 2.29. The molecule has 0 spiro atoms. The van der Waals surface area contributed by atoms with Crippen LogP contribution >= 0.6 is 0 Å². The summed E-state index contributed by atoms with van der Waals surface area (Å²) in [6.07, 6.45) is 1.96. The number of aromatic nitrogens is 1. The quantitative estimate of drug-likeness (QED) is 0.658. The lowest BCUT2D eigenvalue weighted by atomic mass is 9.84. The number of nitrogens with zero attached hydrogens (tertiary/aromatic N) is 1. The van der Waals surface area contributed by atoms with Gasteiger partial charge in [-0.05, 0) is 24.9 Å². The molecule has 0 saturated carbocycles. The summed E-state index contributed by atoms with van der Waals surface area (Å²) in [5.41, 5.74) is 1.39. The minimum absolute atomic E-state index is 0.166. The summed E-state index contributed by atoms with van der Waals surface area (Å²) in [5, 5.41) is 3.43. The summed E-state index contributed by atoms with van der Waals surface area (Å²) in [7, 11) is -3.67. The molecule has 0 amide bonds. The highest BCUT2D eigenvalue weighted by molar-refractivity contribution is 7.85. The Morgan fingerprint density at radius 1 is 1.37 bits per heavy atom. The van der Waals surface area contributed by atoms with Crippen molar-refractivity contribution in [3.63, 3.8) is 0 Å². The van der Waals surface area contributed by atoms with Crippen molar-refractivity contribution in [2.24, 2.45) is 5.92 Å². The Labute approximate surface area is 112 Å². The van der Waals surface area contributed by atoms with Crippen LogP contribution in [0.4, 0.5) is 0 Å². The van der Waals surface area contributed by atoms with Crippen LogP contribution in [0, 0.1) is 5.92 Å². The first-order valence-corrected chi connectivity index (χ1v) is 8.02. The van der Waals surface area contributed by atoms with Gasteiger partial charge in [0.05, 0.1) is 6.26 Å². The molecule has 3 heterocycles. The molecule has 2 bridgehead atoms. The third-order valence-electron chi connectivity index (χ3n) is 3.38. The predicted molar refractivity (Wildman–Crippen MR) is 71.9 cm³/mol. The molecule has 7 heteroatoms. The highest BCUT2D eigenvalue weighted by atomic mass is 32.2. The van der Waals surface area contributed by atoms with Crippen LogP contribution in [-0.4, -0.2) is 36.9 Å². The van der Waals surface area contributed by atoms with E-state index in [1.54, 1.807) is 6.07 Å². The Morgan fingerprint density at radius 2 is 2.05 bits per heavy atom. The molecule has 0 unspecified atom stereocenters. The number of fused-ring (bicyclic) bond motifs is 4. The zero-order valence-electron chi connectivity index (χ0n) is 10.7.